The Balaban J connectivity index is 1.98. The van der Waals surface area contributed by atoms with E-state index >= 15 is 0 Å². The number of rotatable bonds is 4. The van der Waals surface area contributed by atoms with Crippen molar-refractivity contribution in [3.05, 3.63) is 57.8 Å². The quantitative estimate of drug-likeness (QED) is 0.646. The van der Waals surface area contributed by atoms with Gasteiger partial charge in [-0.3, -0.25) is 4.79 Å². The van der Waals surface area contributed by atoms with E-state index in [0.717, 1.165) is 4.47 Å². The molecule has 1 atom stereocenters. The van der Waals surface area contributed by atoms with Crippen molar-refractivity contribution in [1.82, 2.24) is 4.98 Å². The van der Waals surface area contributed by atoms with Gasteiger partial charge in [0.1, 0.15) is 5.15 Å². The summed E-state index contributed by atoms with van der Waals surface area (Å²) in [7, 11) is 0. The van der Waals surface area contributed by atoms with Gasteiger partial charge in [-0.2, -0.15) is 0 Å². The average molecular weight is 384 g/mol. The second-order valence-corrected chi connectivity index (χ2v) is 5.66. The van der Waals surface area contributed by atoms with Gasteiger partial charge in [-0.15, -0.1) is 0 Å². The van der Waals surface area contributed by atoms with Gasteiger partial charge >= 0.3 is 5.97 Å². The zero-order valence-corrected chi connectivity index (χ0v) is 13.9. The fourth-order valence-corrected chi connectivity index (χ4v) is 2.05. The lowest BCUT2D eigenvalue weighted by atomic mass is 10.2. The maximum atomic E-state index is 12.0. The van der Waals surface area contributed by atoms with Crippen molar-refractivity contribution in [1.29, 1.82) is 0 Å². The number of esters is 1. The Hall–Kier alpha value is -1.92. The minimum atomic E-state index is -0.965. The van der Waals surface area contributed by atoms with Gasteiger partial charge in [-0.05, 0) is 43.3 Å². The lowest BCUT2D eigenvalue weighted by Gasteiger charge is -2.13. The van der Waals surface area contributed by atoms with E-state index in [9.17, 15) is 9.59 Å². The topological polar surface area (TPSA) is 68.3 Å². The fourth-order valence-electron chi connectivity index (χ4n) is 1.59. The van der Waals surface area contributed by atoms with E-state index in [4.69, 9.17) is 16.3 Å². The molecule has 0 radical (unpaired) electrons. The van der Waals surface area contributed by atoms with Crippen LogP contribution in [0.2, 0.25) is 5.15 Å². The van der Waals surface area contributed by atoms with E-state index in [1.807, 2.05) is 0 Å². The Morgan fingerprint density at radius 2 is 1.95 bits per heavy atom. The molecule has 0 aliphatic heterocycles. The van der Waals surface area contributed by atoms with Gasteiger partial charge in [-0.25, -0.2) is 9.78 Å². The normalized spacial score (nSPS) is 11.6. The van der Waals surface area contributed by atoms with Crippen LogP contribution < -0.4 is 5.32 Å². The molecular weight excluding hydrogens is 372 g/mol. The molecule has 1 heterocycles. The highest BCUT2D eigenvalue weighted by Crippen LogP contribution is 2.16. The van der Waals surface area contributed by atoms with E-state index in [2.05, 4.69) is 26.2 Å². The highest BCUT2D eigenvalue weighted by Gasteiger charge is 2.20. The summed E-state index contributed by atoms with van der Waals surface area (Å²) in [5.74, 6) is -1.13. The number of nitrogens with zero attached hydrogens (tertiary/aromatic N) is 1. The average Bonchev–Trinajstić information content (AvgIpc) is 2.49. The number of pyridine rings is 1. The van der Waals surface area contributed by atoms with Crippen LogP contribution in [0.4, 0.5) is 5.69 Å². The van der Waals surface area contributed by atoms with E-state index < -0.39 is 18.0 Å². The molecule has 1 amide bonds. The van der Waals surface area contributed by atoms with E-state index in [1.165, 1.54) is 19.2 Å². The summed E-state index contributed by atoms with van der Waals surface area (Å²) in [4.78, 5) is 27.7. The van der Waals surface area contributed by atoms with E-state index in [0.29, 0.717) is 5.69 Å². The van der Waals surface area contributed by atoms with Gasteiger partial charge in [0, 0.05) is 16.4 Å². The predicted octanol–water partition coefficient (Wildman–Crippen LogP) is 3.68. The molecule has 0 unspecified atom stereocenters. The van der Waals surface area contributed by atoms with Crippen molar-refractivity contribution >= 4 is 45.1 Å². The van der Waals surface area contributed by atoms with Gasteiger partial charge in [-0.1, -0.05) is 27.5 Å². The molecule has 0 saturated carbocycles. The number of ether oxygens (including phenoxy) is 1. The molecule has 0 aliphatic rings. The third kappa shape index (κ3) is 4.29. The van der Waals surface area contributed by atoms with E-state index in [1.54, 1.807) is 30.3 Å². The summed E-state index contributed by atoms with van der Waals surface area (Å²) in [5.41, 5.74) is 0.725. The summed E-state index contributed by atoms with van der Waals surface area (Å²) in [6.45, 7) is 1.48. The van der Waals surface area contributed by atoms with Gasteiger partial charge < -0.3 is 10.1 Å². The number of aromatic nitrogens is 1. The molecule has 0 bridgehead atoms. The van der Waals surface area contributed by atoms with Crippen LogP contribution in [0.1, 0.15) is 17.3 Å². The number of carbonyl (C=O) groups excluding carboxylic acids is 2. The number of nitrogens with one attached hydrogen (secondary N) is 1. The summed E-state index contributed by atoms with van der Waals surface area (Å²) < 4.78 is 5.99. The van der Waals surface area contributed by atoms with Crippen molar-refractivity contribution in [2.45, 2.75) is 13.0 Å². The number of carbonyl (C=O) groups is 2. The zero-order chi connectivity index (χ0) is 16.1. The van der Waals surface area contributed by atoms with Gasteiger partial charge in [0.05, 0.1) is 5.56 Å². The van der Waals surface area contributed by atoms with Crippen LogP contribution >= 0.6 is 27.5 Å². The van der Waals surface area contributed by atoms with Gasteiger partial charge in [0.25, 0.3) is 5.91 Å². The first-order valence-corrected chi connectivity index (χ1v) is 7.52. The maximum absolute atomic E-state index is 12.0. The van der Waals surface area contributed by atoms with Gasteiger partial charge in [0.15, 0.2) is 6.10 Å². The van der Waals surface area contributed by atoms with Crippen LogP contribution in [0.3, 0.4) is 0 Å². The Morgan fingerprint density at radius 1 is 1.27 bits per heavy atom. The molecule has 2 rings (SSSR count). The molecule has 0 spiro atoms. The molecule has 0 saturated heterocycles. The standard InChI is InChI=1S/C15H12BrClN2O3/c1-9(14(20)19-11-6-4-10(16)5-7-11)22-15(21)12-3-2-8-18-13(12)17/h2-9H,1H3,(H,19,20)/t9-/m0/s1. The van der Waals surface area contributed by atoms with Crippen molar-refractivity contribution in [2.75, 3.05) is 5.32 Å². The van der Waals surface area contributed by atoms with E-state index in [-0.39, 0.29) is 10.7 Å². The number of hydrogen-bond donors (Lipinski definition) is 1. The minimum absolute atomic E-state index is 0.0352. The Labute approximate surface area is 140 Å². The summed E-state index contributed by atoms with van der Waals surface area (Å²) >= 11 is 9.12. The number of amides is 1. The molecule has 5 nitrogen and oxygen atoms in total. The molecule has 1 aromatic carbocycles. The third-order valence-corrected chi connectivity index (χ3v) is 3.57. The molecule has 7 heteroatoms. The van der Waals surface area contributed by atoms with Crippen LogP contribution in [0, 0.1) is 0 Å². The van der Waals surface area contributed by atoms with Crippen LogP contribution in [0.5, 0.6) is 0 Å². The first-order valence-electron chi connectivity index (χ1n) is 6.35. The smallest absolute Gasteiger partial charge is 0.342 e. The molecule has 2 aromatic rings. The van der Waals surface area contributed by atoms with Crippen LogP contribution in [-0.2, 0) is 9.53 Å². The Bertz CT molecular complexity index is 691. The largest absolute Gasteiger partial charge is 0.449 e. The summed E-state index contributed by atoms with van der Waals surface area (Å²) in [6.07, 6.45) is 0.496. The first kappa shape index (κ1) is 16.5. The molecule has 0 aliphatic carbocycles. The predicted molar refractivity (Wildman–Crippen MR) is 86.9 cm³/mol. The molecule has 1 aromatic heterocycles. The molecule has 22 heavy (non-hydrogen) atoms. The number of benzene rings is 1. The fraction of sp³-hybridized carbons (Fsp3) is 0.133. The third-order valence-electron chi connectivity index (χ3n) is 2.74. The number of halogens is 2. The molecular formula is C15H12BrClN2O3. The Kier molecular flexibility index (Phi) is 5.51. The van der Waals surface area contributed by atoms with Crippen LogP contribution in [0.15, 0.2) is 47.1 Å². The molecule has 114 valence electrons. The first-order chi connectivity index (χ1) is 10.5. The molecule has 0 fully saturated rings. The SMILES string of the molecule is C[C@H](OC(=O)c1cccnc1Cl)C(=O)Nc1ccc(Br)cc1. The van der Waals surface area contributed by atoms with Crippen molar-refractivity contribution in [3.8, 4) is 0 Å². The van der Waals surface area contributed by atoms with Gasteiger partial charge in [0.2, 0.25) is 0 Å². The Morgan fingerprint density at radius 3 is 2.59 bits per heavy atom. The van der Waals surface area contributed by atoms with Crippen molar-refractivity contribution in [3.63, 3.8) is 0 Å². The minimum Gasteiger partial charge on any atom is -0.449 e. The highest BCUT2D eigenvalue weighted by atomic mass is 79.9. The molecule has 1 N–H and O–H groups in total. The zero-order valence-electron chi connectivity index (χ0n) is 11.5. The summed E-state index contributed by atoms with van der Waals surface area (Å²) in [5, 5.41) is 2.69. The lowest BCUT2D eigenvalue weighted by Crippen LogP contribution is -2.30. The second-order valence-electron chi connectivity index (χ2n) is 4.39. The van der Waals surface area contributed by atoms with Crippen LogP contribution in [0.25, 0.3) is 0 Å². The highest BCUT2D eigenvalue weighted by molar-refractivity contribution is 9.10. The van der Waals surface area contributed by atoms with Crippen molar-refractivity contribution in [2.24, 2.45) is 0 Å². The lowest BCUT2D eigenvalue weighted by molar-refractivity contribution is -0.123. The summed E-state index contributed by atoms with van der Waals surface area (Å²) in [6, 6.07) is 10.1. The number of anilines is 1. The second kappa shape index (κ2) is 7.38. The van der Waals surface area contributed by atoms with Crippen molar-refractivity contribution < 1.29 is 14.3 Å². The van der Waals surface area contributed by atoms with Crippen LogP contribution in [-0.4, -0.2) is 23.0 Å². The monoisotopic (exact) mass is 382 g/mol. The maximum Gasteiger partial charge on any atom is 0.342 e. The number of hydrogen-bond acceptors (Lipinski definition) is 4.